The predicted molar refractivity (Wildman–Crippen MR) is 124 cm³/mol. The summed E-state index contributed by atoms with van der Waals surface area (Å²) in [5, 5.41) is 11.6. The number of aromatic nitrogens is 1. The summed E-state index contributed by atoms with van der Waals surface area (Å²) in [7, 11) is 2.24. The minimum Gasteiger partial charge on any atom is -0.457 e. The molecule has 3 aromatic rings. The fourth-order valence-electron chi connectivity index (χ4n) is 4.71. The fraction of sp³-hybridized carbons (Fsp3) is 0.333. The molecule has 0 spiro atoms. The summed E-state index contributed by atoms with van der Waals surface area (Å²) in [5.74, 6) is -0.623. The van der Waals surface area contributed by atoms with E-state index in [2.05, 4.69) is 24.2 Å². The molecule has 0 aliphatic carbocycles. The summed E-state index contributed by atoms with van der Waals surface area (Å²) in [4.78, 5) is 17.4. The minimum atomic E-state index is -1.83. The van der Waals surface area contributed by atoms with Crippen molar-refractivity contribution in [3.05, 3.63) is 102 Å². The number of ether oxygens (including phenoxy) is 1. The van der Waals surface area contributed by atoms with Crippen molar-refractivity contribution in [3.63, 3.8) is 0 Å². The third-order valence-electron chi connectivity index (χ3n) is 6.83. The maximum absolute atomic E-state index is 13.3. The van der Waals surface area contributed by atoms with Crippen molar-refractivity contribution in [1.82, 2.24) is 4.98 Å². The molecule has 0 amide bonds. The van der Waals surface area contributed by atoms with Gasteiger partial charge in [-0.05, 0) is 28.8 Å². The number of aliphatic hydroxyl groups is 1. The van der Waals surface area contributed by atoms with Crippen molar-refractivity contribution >= 4 is 5.97 Å². The summed E-state index contributed by atoms with van der Waals surface area (Å²) in [5.41, 5.74) is 0.460. The number of carbonyl (C=O) groups excluding carboxylic acids is 1. The maximum Gasteiger partial charge on any atom is 0.347 e. The molecule has 5 heteroatoms. The van der Waals surface area contributed by atoms with E-state index in [0.717, 1.165) is 36.8 Å². The van der Waals surface area contributed by atoms with E-state index in [1.165, 1.54) is 5.56 Å². The second kappa shape index (κ2) is 9.63. The van der Waals surface area contributed by atoms with Gasteiger partial charge in [0.1, 0.15) is 12.6 Å². The van der Waals surface area contributed by atoms with E-state index in [1.807, 2.05) is 48.8 Å². The average molecular weight is 432 g/mol. The third kappa shape index (κ3) is 4.59. The van der Waals surface area contributed by atoms with Crippen molar-refractivity contribution in [2.24, 2.45) is 0 Å². The molecule has 1 N–H and O–H groups in total. The van der Waals surface area contributed by atoms with E-state index in [-0.39, 0.29) is 6.04 Å². The Hall–Kier alpha value is -3.02. The Morgan fingerprint density at radius 1 is 1.03 bits per heavy atom. The topological polar surface area (TPSA) is 59.4 Å². The molecule has 0 bridgehead atoms. The summed E-state index contributed by atoms with van der Waals surface area (Å²) >= 11 is 0. The zero-order valence-electron chi connectivity index (χ0n) is 18.6. The minimum absolute atomic E-state index is 0.219. The number of pyridine rings is 1. The highest BCUT2D eigenvalue weighted by Gasteiger charge is 2.44. The monoisotopic (exact) mass is 431 g/mol. The summed E-state index contributed by atoms with van der Waals surface area (Å²) in [6.07, 6.45) is 6.73. The normalized spacial score (nSPS) is 20.8. The number of likely N-dealkylation sites (N-methyl/N-ethyl adjacent to an activating group) is 1. The first-order chi connectivity index (χ1) is 15.5. The fourth-order valence-corrected chi connectivity index (χ4v) is 4.71. The number of carbonyl (C=O) groups is 1. The lowest BCUT2D eigenvalue weighted by Gasteiger charge is -2.36. The van der Waals surface area contributed by atoms with Gasteiger partial charge in [0, 0.05) is 31.7 Å². The van der Waals surface area contributed by atoms with E-state index in [0.29, 0.717) is 17.7 Å². The maximum atomic E-state index is 13.3. The Kier molecular flexibility index (Phi) is 6.68. The summed E-state index contributed by atoms with van der Waals surface area (Å²) in [6, 6.07) is 22.4. The van der Waals surface area contributed by atoms with Gasteiger partial charge in [0.05, 0.1) is 20.1 Å². The van der Waals surface area contributed by atoms with E-state index in [9.17, 15) is 9.90 Å². The van der Waals surface area contributed by atoms with Crippen LogP contribution in [-0.4, -0.2) is 53.3 Å². The van der Waals surface area contributed by atoms with Crippen LogP contribution >= 0.6 is 0 Å². The molecule has 1 unspecified atom stereocenters. The molecule has 32 heavy (non-hydrogen) atoms. The Morgan fingerprint density at radius 2 is 1.62 bits per heavy atom. The molecule has 0 radical (unpaired) electrons. The number of hydrogen-bond donors (Lipinski definition) is 1. The van der Waals surface area contributed by atoms with E-state index >= 15 is 0 Å². The molecule has 1 aromatic heterocycles. The zero-order valence-corrected chi connectivity index (χ0v) is 18.6. The van der Waals surface area contributed by atoms with Crippen molar-refractivity contribution in [2.45, 2.75) is 30.9 Å². The van der Waals surface area contributed by atoms with Crippen LogP contribution in [0.2, 0.25) is 0 Å². The summed E-state index contributed by atoms with van der Waals surface area (Å²) < 4.78 is 6.70. The largest absolute Gasteiger partial charge is 0.457 e. The van der Waals surface area contributed by atoms with Crippen LogP contribution in [0.25, 0.3) is 0 Å². The van der Waals surface area contributed by atoms with Crippen molar-refractivity contribution in [3.8, 4) is 0 Å². The van der Waals surface area contributed by atoms with Gasteiger partial charge in [-0.15, -0.1) is 0 Å². The first kappa shape index (κ1) is 22.2. The smallest absolute Gasteiger partial charge is 0.347 e. The van der Waals surface area contributed by atoms with Crippen LogP contribution in [0.5, 0.6) is 0 Å². The lowest BCUT2D eigenvalue weighted by Crippen LogP contribution is -2.52. The number of quaternary nitrogens is 1. The van der Waals surface area contributed by atoms with Crippen LogP contribution in [0.4, 0.5) is 0 Å². The van der Waals surface area contributed by atoms with Crippen LogP contribution in [0, 0.1) is 0 Å². The number of likely N-dealkylation sites (tertiary alicyclic amines) is 1. The van der Waals surface area contributed by atoms with Gasteiger partial charge in [0.15, 0.2) is 0 Å². The number of hydrogen-bond acceptors (Lipinski definition) is 4. The molecule has 2 atom stereocenters. The van der Waals surface area contributed by atoms with Crippen molar-refractivity contribution in [1.29, 1.82) is 0 Å². The van der Waals surface area contributed by atoms with E-state index < -0.39 is 11.6 Å². The summed E-state index contributed by atoms with van der Waals surface area (Å²) in [6.45, 7) is 2.34. The highest BCUT2D eigenvalue weighted by molar-refractivity contribution is 5.85. The molecule has 0 saturated carbocycles. The lowest BCUT2D eigenvalue weighted by molar-refractivity contribution is -0.921. The van der Waals surface area contributed by atoms with E-state index in [1.54, 1.807) is 24.3 Å². The Bertz CT molecular complexity index is 971. The Labute approximate surface area is 189 Å². The lowest BCUT2D eigenvalue weighted by atomic mass is 9.86. The van der Waals surface area contributed by atoms with Gasteiger partial charge in [0.25, 0.3) is 0 Å². The predicted octanol–water partition coefficient (Wildman–Crippen LogP) is 3.71. The molecule has 1 saturated heterocycles. The number of nitrogens with zero attached hydrogens (tertiary/aromatic N) is 2. The van der Waals surface area contributed by atoms with Crippen LogP contribution in [0.1, 0.15) is 29.5 Å². The van der Waals surface area contributed by atoms with Crippen molar-refractivity contribution in [2.75, 3.05) is 26.7 Å². The standard InChI is InChI=1S/C27H31N2O3/c1-29(20-16-22-14-17-28-18-15-22)19-8-13-25(29)21-32-26(30)27(31,23-9-4-2-5-10-23)24-11-6-3-7-12-24/h2-7,9-12,14-15,17-18,25,31H,8,13,16,19-21H2,1H3/q+1/t25?,29-/m1/s1. The SMILES string of the molecule is C[N@+]1(CCc2ccncc2)CCCC1COC(=O)C(O)(c1ccccc1)c1ccccc1. The van der Waals surface area contributed by atoms with Gasteiger partial charge in [0.2, 0.25) is 5.60 Å². The van der Waals surface area contributed by atoms with Crippen LogP contribution < -0.4 is 0 Å². The third-order valence-corrected chi connectivity index (χ3v) is 6.83. The number of rotatable bonds is 8. The average Bonchev–Trinajstić information content (AvgIpc) is 3.23. The molecule has 1 fully saturated rings. The highest BCUT2D eigenvalue weighted by atomic mass is 16.6. The van der Waals surface area contributed by atoms with Gasteiger partial charge in [-0.3, -0.25) is 4.98 Å². The molecule has 2 heterocycles. The molecular formula is C27H31N2O3+. The Balaban J connectivity index is 1.48. The second-order valence-electron chi connectivity index (χ2n) is 8.87. The first-order valence-electron chi connectivity index (χ1n) is 11.3. The van der Waals surface area contributed by atoms with Crippen LogP contribution in [-0.2, 0) is 21.6 Å². The van der Waals surface area contributed by atoms with Gasteiger partial charge in [-0.25, -0.2) is 4.79 Å². The molecule has 166 valence electrons. The molecular weight excluding hydrogens is 400 g/mol. The molecule has 2 aromatic carbocycles. The van der Waals surface area contributed by atoms with Crippen LogP contribution in [0.3, 0.4) is 0 Å². The first-order valence-corrected chi connectivity index (χ1v) is 11.3. The van der Waals surface area contributed by atoms with Crippen molar-refractivity contribution < 1.29 is 19.1 Å². The quantitative estimate of drug-likeness (QED) is 0.436. The number of benzene rings is 2. The van der Waals surface area contributed by atoms with E-state index in [4.69, 9.17) is 4.74 Å². The van der Waals surface area contributed by atoms with Crippen LogP contribution in [0.15, 0.2) is 85.2 Å². The van der Waals surface area contributed by atoms with Gasteiger partial charge < -0.3 is 14.3 Å². The highest BCUT2D eigenvalue weighted by Crippen LogP contribution is 2.32. The van der Waals surface area contributed by atoms with Gasteiger partial charge >= 0.3 is 5.97 Å². The zero-order chi connectivity index (χ0) is 22.4. The van der Waals surface area contributed by atoms with Gasteiger partial charge in [-0.2, -0.15) is 0 Å². The molecule has 4 rings (SSSR count). The molecule has 1 aliphatic heterocycles. The Morgan fingerprint density at radius 3 is 2.22 bits per heavy atom. The molecule has 5 nitrogen and oxygen atoms in total. The number of esters is 1. The molecule has 1 aliphatic rings. The second-order valence-corrected chi connectivity index (χ2v) is 8.87. The van der Waals surface area contributed by atoms with Gasteiger partial charge in [-0.1, -0.05) is 60.7 Å².